The molecule has 5 heteroatoms. The molecule has 2 aromatic rings. The fourth-order valence-electron chi connectivity index (χ4n) is 5.24. The van der Waals surface area contributed by atoms with E-state index in [-0.39, 0.29) is 22.6 Å². The first-order valence-electron chi connectivity index (χ1n) is 9.89. The SMILES string of the molecule is O=C1CC2(CCN(c3cc4c(c(=O)[nH]3)CCCC4)CC2)c2ccc(F)cc21. The van der Waals surface area contributed by atoms with Crippen molar-refractivity contribution in [1.29, 1.82) is 0 Å². The van der Waals surface area contributed by atoms with Gasteiger partial charge in [-0.15, -0.1) is 0 Å². The number of pyridine rings is 1. The second-order valence-electron chi connectivity index (χ2n) is 8.25. The summed E-state index contributed by atoms with van der Waals surface area (Å²) in [5.41, 5.74) is 3.59. The van der Waals surface area contributed by atoms with E-state index in [1.54, 1.807) is 6.07 Å². The zero-order valence-electron chi connectivity index (χ0n) is 15.3. The van der Waals surface area contributed by atoms with Crippen LogP contribution < -0.4 is 10.5 Å². The molecule has 0 saturated carbocycles. The van der Waals surface area contributed by atoms with E-state index >= 15 is 0 Å². The number of Topliss-reactive ketones (excluding diaryl/α,β-unsaturated/α-hetero) is 1. The van der Waals surface area contributed by atoms with Crippen LogP contribution in [-0.2, 0) is 18.3 Å². The molecule has 5 rings (SSSR count). The Morgan fingerprint density at radius 2 is 1.81 bits per heavy atom. The third-order valence-electron chi connectivity index (χ3n) is 6.75. The number of benzene rings is 1. The van der Waals surface area contributed by atoms with Crippen LogP contribution in [-0.4, -0.2) is 23.9 Å². The highest BCUT2D eigenvalue weighted by Gasteiger charge is 2.45. The largest absolute Gasteiger partial charge is 0.358 e. The number of piperidine rings is 1. The van der Waals surface area contributed by atoms with Crippen molar-refractivity contribution < 1.29 is 9.18 Å². The molecule has 140 valence electrons. The Bertz CT molecular complexity index is 986. The van der Waals surface area contributed by atoms with E-state index in [1.165, 1.54) is 17.7 Å². The predicted octanol–water partition coefficient (Wildman–Crippen LogP) is 3.52. The van der Waals surface area contributed by atoms with Crippen LogP contribution in [0.5, 0.6) is 0 Å². The van der Waals surface area contributed by atoms with Gasteiger partial charge in [0.25, 0.3) is 5.56 Å². The van der Waals surface area contributed by atoms with Crippen molar-refractivity contribution in [2.45, 2.75) is 50.4 Å². The Labute approximate surface area is 157 Å². The number of aryl methyl sites for hydroxylation is 1. The number of fused-ring (bicyclic) bond motifs is 3. The molecule has 0 radical (unpaired) electrons. The molecule has 0 atom stereocenters. The first-order valence-corrected chi connectivity index (χ1v) is 9.89. The van der Waals surface area contributed by atoms with Gasteiger partial charge in [-0.2, -0.15) is 0 Å². The summed E-state index contributed by atoms with van der Waals surface area (Å²) in [6, 6.07) is 6.80. The summed E-state index contributed by atoms with van der Waals surface area (Å²) in [6.45, 7) is 1.58. The number of hydrogen-bond acceptors (Lipinski definition) is 3. The van der Waals surface area contributed by atoms with E-state index in [2.05, 4.69) is 16.0 Å². The third kappa shape index (κ3) is 2.63. The zero-order chi connectivity index (χ0) is 18.6. The van der Waals surface area contributed by atoms with Gasteiger partial charge in [0.05, 0.1) is 0 Å². The molecule has 1 aromatic heterocycles. The molecule has 4 nitrogen and oxygen atoms in total. The highest BCUT2D eigenvalue weighted by atomic mass is 19.1. The molecule has 0 unspecified atom stereocenters. The minimum Gasteiger partial charge on any atom is -0.358 e. The van der Waals surface area contributed by atoms with Gasteiger partial charge >= 0.3 is 0 Å². The van der Waals surface area contributed by atoms with E-state index in [1.807, 2.05) is 0 Å². The van der Waals surface area contributed by atoms with Gasteiger partial charge in [0.1, 0.15) is 11.6 Å². The lowest BCUT2D eigenvalue weighted by atomic mass is 9.74. The summed E-state index contributed by atoms with van der Waals surface area (Å²) < 4.78 is 13.6. The normalized spacial score (nSPS) is 20.6. The molecule has 3 aliphatic rings. The first-order chi connectivity index (χ1) is 13.1. The molecule has 1 fully saturated rings. The molecule has 1 aromatic carbocycles. The highest BCUT2D eigenvalue weighted by molar-refractivity contribution is 6.02. The number of anilines is 1. The van der Waals surface area contributed by atoms with Crippen LogP contribution in [0.25, 0.3) is 0 Å². The van der Waals surface area contributed by atoms with E-state index in [0.717, 1.165) is 68.6 Å². The number of carbonyl (C=O) groups excluding carboxylic acids is 1. The molecule has 1 N–H and O–H groups in total. The Morgan fingerprint density at radius 3 is 2.63 bits per heavy atom. The maximum absolute atomic E-state index is 13.6. The van der Waals surface area contributed by atoms with Gasteiger partial charge in [0.2, 0.25) is 0 Å². The minimum atomic E-state index is -0.344. The number of ketones is 1. The molecule has 1 spiro atoms. The Kier molecular flexibility index (Phi) is 3.74. The van der Waals surface area contributed by atoms with Gasteiger partial charge in [-0.25, -0.2) is 4.39 Å². The van der Waals surface area contributed by atoms with Crippen molar-refractivity contribution in [2.24, 2.45) is 0 Å². The van der Waals surface area contributed by atoms with Gasteiger partial charge in [-0.1, -0.05) is 6.07 Å². The van der Waals surface area contributed by atoms with Gasteiger partial charge in [-0.3, -0.25) is 9.59 Å². The van der Waals surface area contributed by atoms with Crippen molar-refractivity contribution in [1.82, 2.24) is 4.98 Å². The number of aromatic nitrogens is 1. The van der Waals surface area contributed by atoms with E-state index in [0.29, 0.717) is 12.0 Å². The monoisotopic (exact) mass is 366 g/mol. The summed E-state index contributed by atoms with van der Waals surface area (Å²) in [5, 5.41) is 0. The van der Waals surface area contributed by atoms with Crippen LogP contribution in [0.3, 0.4) is 0 Å². The molecular formula is C22H23FN2O2. The van der Waals surface area contributed by atoms with Gasteiger partial charge in [0, 0.05) is 36.1 Å². The summed E-state index contributed by atoms with van der Waals surface area (Å²) in [6.07, 6.45) is 6.26. The minimum absolute atomic E-state index is 0.0550. The highest BCUT2D eigenvalue weighted by Crippen LogP contribution is 2.46. The predicted molar refractivity (Wildman–Crippen MR) is 102 cm³/mol. The van der Waals surface area contributed by atoms with E-state index < -0.39 is 0 Å². The summed E-state index contributed by atoms with van der Waals surface area (Å²) in [5.74, 6) is 0.613. The van der Waals surface area contributed by atoms with Gasteiger partial charge < -0.3 is 9.88 Å². The molecule has 1 saturated heterocycles. The van der Waals surface area contributed by atoms with Crippen molar-refractivity contribution in [3.63, 3.8) is 0 Å². The van der Waals surface area contributed by atoms with Crippen molar-refractivity contribution in [3.05, 3.63) is 62.7 Å². The second kappa shape index (κ2) is 6.04. The van der Waals surface area contributed by atoms with Gasteiger partial charge in [0.15, 0.2) is 5.78 Å². The fourth-order valence-corrected chi connectivity index (χ4v) is 5.24. The standard InChI is InChI=1S/C22H23FN2O2/c23-15-5-6-18-17(12-15)19(26)13-22(18)7-9-25(10-8-22)20-11-14-3-1-2-4-16(14)21(27)24-20/h5-6,11-12H,1-4,7-10,13H2,(H,24,27). The maximum Gasteiger partial charge on any atom is 0.252 e. The van der Waals surface area contributed by atoms with Crippen molar-refractivity contribution in [2.75, 3.05) is 18.0 Å². The Morgan fingerprint density at radius 1 is 1.04 bits per heavy atom. The number of rotatable bonds is 1. The van der Waals surface area contributed by atoms with E-state index in [9.17, 15) is 14.0 Å². The van der Waals surface area contributed by atoms with Crippen molar-refractivity contribution in [3.8, 4) is 0 Å². The molecule has 2 aliphatic carbocycles. The average molecular weight is 366 g/mol. The van der Waals surface area contributed by atoms with E-state index in [4.69, 9.17) is 0 Å². The summed E-state index contributed by atoms with van der Waals surface area (Å²) >= 11 is 0. The number of aromatic amines is 1. The van der Waals surface area contributed by atoms with Gasteiger partial charge in [-0.05, 0) is 67.9 Å². The Hall–Kier alpha value is -2.43. The topological polar surface area (TPSA) is 53.2 Å². The molecule has 0 amide bonds. The number of nitrogens with one attached hydrogen (secondary N) is 1. The maximum atomic E-state index is 13.6. The lowest BCUT2D eigenvalue weighted by Gasteiger charge is -2.40. The van der Waals surface area contributed by atoms with Crippen LogP contribution >= 0.6 is 0 Å². The van der Waals surface area contributed by atoms with Crippen LogP contribution in [0.4, 0.5) is 10.2 Å². The number of halogens is 1. The van der Waals surface area contributed by atoms with Crippen LogP contribution in [0.15, 0.2) is 29.1 Å². The lowest BCUT2D eigenvalue weighted by Crippen LogP contribution is -2.42. The molecule has 0 bridgehead atoms. The summed E-state index contributed by atoms with van der Waals surface area (Å²) in [4.78, 5) is 30.2. The fraction of sp³-hybridized carbons (Fsp3) is 0.455. The third-order valence-corrected chi connectivity index (χ3v) is 6.75. The molecule has 2 heterocycles. The first kappa shape index (κ1) is 16.7. The quantitative estimate of drug-likeness (QED) is 0.840. The number of nitrogens with zero attached hydrogens (tertiary/aromatic N) is 1. The lowest BCUT2D eigenvalue weighted by molar-refractivity contribution is 0.0966. The molecule has 1 aliphatic heterocycles. The number of hydrogen-bond donors (Lipinski definition) is 1. The average Bonchev–Trinajstić information content (AvgIpc) is 2.93. The molecule has 27 heavy (non-hydrogen) atoms. The van der Waals surface area contributed by atoms with Crippen LogP contribution in [0.1, 0.15) is 59.2 Å². The smallest absolute Gasteiger partial charge is 0.252 e. The number of H-pyrrole nitrogens is 1. The second-order valence-corrected chi connectivity index (χ2v) is 8.25. The van der Waals surface area contributed by atoms with Crippen LogP contribution in [0, 0.1) is 5.82 Å². The van der Waals surface area contributed by atoms with Crippen LogP contribution in [0.2, 0.25) is 0 Å². The van der Waals surface area contributed by atoms with Crippen molar-refractivity contribution >= 4 is 11.6 Å². The zero-order valence-corrected chi connectivity index (χ0v) is 15.3. The Balaban J connectivity index is 1.41. The summed E-state index contributed by atoms with van der Waals surface area (Å²) in [7, 11) is 0. The number of carbonyl (C=O) groups is 1. The molecular weight excluding hydrogens is 343 g/mol.